The Morgan fingerprint density at radius 1 is 0.846 bits per heavy atom. The summed E-state index contributed by atoms with van der Waals surface area (Å²) in [6.07, 6.45) is 0. The molecule has 0 aliphatic carbocycles. The number of rotatable bonds is 5. The maximum Gasteiger partial charge on any atom is 0.196 e. The Morgan fingerprint density at radius 2 is 1.50 bits per heavy atom. The summed E-state index contributed by atoms with van der Waals surface area (Å²) in [6.45, 7) is 1.66. The lowest BCUT2D eigenvalue weighted by molar-refractivity contribution is 0.415. The van der Waals surface area contributed by atoms with Gasteiger partial charge in [-0.05, 0) is 43.3 Å². The topological polar surface area (TPSA) is 59.1 Å². The van der Waals surface area contributed by atoms with Crippen LogP contribution in [0.15, 0.2) is 42.5 Å². The number of ether oxygens (including phenoxy) is 1. The maximum atomic E-state index is 13.8. The van der Waals surface area contributed by atoms with Crippen LogP contribution in [0, 0.1) is 24.4 Å². The van der Waals surface area contributed by atoms with Crippen LogP contribution in [0.3, 0.4) is 0 Å². The number of benzene rings is 2. The number of hydrogen-bond acceptors (Lipinski definition) is 5. The average molecular weight is 360 g/mol. The van der Waals surface area contributed by atoms with Gasteiger partial charge in [0, 0.05) is 11.8 Å². The van der Waals surface area contributed by atoms with E-state index in [1.165, 1.54) is 6.07 Å². The summed E-state index contributed by atoms with van der Waals surface area (Å²) >= 11 is 0. The van der Waals surface area contributed by atoms with Gasteiger partial charge in [0.15, 0.2) is 17.5 Å². The predicted octanol–water partition coefficient (Wildman–Crippen LogP) is 4.70. The fourth-order valence-electron chi connectivity index (χ4n) is 2.28. The molecule has 0 amide bonds. The zero-order chi connectivity index (χ0) is 18.7. The fraction of sp³-hybridized carbons (Fsp3) is 0.111. The van der Waals surface area contributed by atoms with Gasteiger partial charge in [-0.25, -0.2) is 23.1 Å². The highest BCUT2D eigenvalue weighted by molar-refractivity contribution is 5.64. The summed E-state index contributed by atoms with van der Waals surface area (Å²) in [5.74, 6) is -2.30. The van der Waals surface area contributed by atoms with Crippen LogP contribution < -0.4 is 15.4 Å². The molecule has 0 aliphatic rings. The SMILES string of the molecule is COc1ccc(Nc2cc(Nc3ccc(F)c(F)c3F)nc(C)n2)cc1. The molecule has 0 radical (unpaired) electrons. The van der Waals surface area contributed by atoms with Crippen molar-refractivity contribution in [2.75, 3.05) is 17.7 Å². The van der Waals surface area contributed by atoms with E-state index in [-0.39, 0.29) is 11.5 Å². The first-order chi connectivity index (χ1) is 12.5. The Balaban J connectivity index is 1.84. The van der Waals surface area contributed by atoms with Gasteiger partial charge in [0.2, 0.25) is 0 Å². The van der Waals surface area contributed by atoms with E-state index in [9.17, 15) is 13.2 Å². The van der Waals surface area contributed by atoms with Crippen LogP contribution in [0.4, 0.5) is 36.2 Å². The molecule has 1 aromatic heterocycles. The molecule has 26 heavy (non-hydrogen) atoms. The highest BCUT2D eigenvalue weighted by Crippen LogP contribution is 2.25. The van der Waals surface area contributed by atoms with Gasteiger partial charge in [-0.15, -0.1) is 0 Å². The van der Waals surface area contributed by atoms with Crippen LogP contribution in [0.25, 0.3) is 0 Å². The number of aromatic nitrogens is 2. The molecule has 0 fully saturated rings. The molecule has 0 aliphatic heterocycles. The monoisotopic (exact) mass is 360 g/mol. The van der Waals surface area contributed by atoms with Crippen LogP contribution in [0.5, 0.6) is 5.75 Å². The minimum atomic E-state index is -1.54. The quantitative estimate of drug-likeness (QED) is 0.646. The van der Waals surface area contributed by atoms with E-state index < -0.39 is 17.5 Å². The molecular formula is C18H15F3N4O. The minimum Gasteiger partial charge on any atom is -0.497 e. The van der Waals surface area contributed by atoms with Crippen LogP contribution in [-0.4, -0.2) is 17.1 Å². The number of nitrogens with zero attached hydrogens (tertiary/aromatic N) is 2. The summed E-state index contributed by atoms with van der Waals surface area (Å²) in [5, 5.41) is 5.72. The molecule has 3 rings (SSSR count). The highest BCUT2D eigenvalue weighted by atomic mass is 19.2. The van der Waals surface area contributed by atoms with Crippen LogP contribution in [0.2, 0.25) is 0 Å². The summed E-state index contributed by atoms with van der Waals surface area (Å²) < 4.78 is 45.3. The Labute approximate surface area is 147 Å². The molecule has 0 atom stereocenters. The number of methoxy groups -OCH3 is 1. The maximum absolute atomic E-state index is 13.8. The third-order valence-electron chi connectivity index (χ3n) is 3.50. The van der Waals surface area contributed by atoms with E-state index in [0.717, 1.165) is 17.8 Å². The number of aryl methyl sites for hydroxylation is 1. The predicted molar refractivity (Wildman–Crippen MR) is 92.6 cm³/mol. The van der Waals surface area contributed by atoms with E-state index >= 15 is 0 Å². The first-order valence-electron chi connectivity index (χ1n) is 7.63. The third kappa shape index (κ3) is 3.85. The smallest absolute Gasteiger partial charge is 0.196 e. The number of halogens is 3. The third-order valence-corrected chi connectivity index (χ3v) is 3.50. The largest absolute Gasteiger partial charge is 0.497 e. The van der Waals surface area contributed by atoms with Crippen LogP contribution in [-0.2, 0) is 0 Å². The molecule has 5 nitrogen and oxygen atoms in total. The lowest BCUT2D eigenvalue weighted by Crippen LogP contribution is -2.04. The Hall–Kier alpha value is -3.29. The summed E-state index contributed by atoms with van der Waals surface area (Å²) in [7, 11) is 1.57. The zero-order valence-electron chi connectivity index (χ0n) is 14.0. The second-order valence-electron chi connectivity index (χ2n) is 5.39. The van der Waals surface area contributed by atoms with Crippen molar-refractivity contribution in [3.63, 3.8) is 0 Å². The standard InChI is InChI=1S/C18H15F3N4O/c1-10-22-15(24-11-3-5-12(26-2)6-4-11)9-16(23-10)25-14-8-7-13(19)17(20)18(14)21/h3-9H,1-2H3,(H2,22,23,24,25). The second kappa shape index (κ2) is 7.30. The molecule has 0 unspecified atom stereocenters. The van der Waals surface area contributed by atoms with E-state index in [2.05, 4.69) is 20.6 Å². The molecule has 2 N–H and O–H groups in total. The van der Waals surface area contributed by atoms with E-state index in [1.807, 2.05) is 0 Å². The van der Waals surface area contributed by atoms with Gasteiger partial charge in [-0.3, -0.25) is 0 Å². The van der Waals surface area contributed by atoms with E-state index in [4.69, 9.17) is 4.74 Å². The van der Waals surface area contributed by atoms with Crippen molar-refractivity contribution in [1.82, 2.24) is 9.97 Å². The van der Waals surface area contributed by atoms with Crippen molar-refractivity contribution in [2.24, 2.45) is 0 Å². The lowest BCUT2D eigenvalue weighted by atomic mass is 10.2. The second-order valence-corrected chi connectivity index (χ2v) is 5.39. The van der Waals surface area contributed by atoms with Gasteiger partial charge in [0.1, 0.15) is 23.2 Å². The van der Waals surface area contributed by atoms with Crippen molar-refractivity contribution in [1.29, 1.82) is 0 Å². The van der Waals surface area contributed by atoms with Crippen molar-refractivity contribution in [3.05, 3.63) is 65.7 Å². The molecule has 134 valence electrons. The van der Waals surface area contributed by atoms with Crippen molar-refractivity contribution in [3.8, 4) is 5.75 Å². The van der Waals surface area contributed by atoms with Crippen molar-refractivity contribution < 1.29 is 17.9 Å². The molecule has 0 saturated heterocycles. The molecule has 1 heterocycles. The molecule has 0 spiro atoms. The summed E-state index contributed by atoms with van der Waals surface area (Å²) in [6, 6.07) is 10.6. The van der Waals surface area contributed by atoms with E-state index in [1.54, 1.807) is 38.3 Å². The average Bonchev–Trinajstić information content (AvgIpc) is 2.62. The van der Waals surface area contributed by atoms with Crippen LogP contribution >= 0.6 is 0 Å². The van der Waals surface area contributed by atoms with Gasteiger partial charge in [0.05, 0.1) is 12.8 Å². The van der Waals surface area contributed by atoms with Gasteiger partial charge in [0.25, 0.3) is 0 Å². The fourth-order valence-corrected chi connectivity index (χ4v) is 2.28. The van der Waals surface area contributed by atoms with Gasteiger partial charge in [-0.1, -0.05) is 0 Å². The Morgan fingerprint density at radius 3 is 2.15 bits per heavy atom. The van der Waals surface area contributed by atoms with Crippen molar-refractivity contribution >= 4 is 23.0 Å². The number of hydrogen-bond donors (Lipinski definition) is 2. The van der Waals surface area contributed by atoms with Crippen molar-refractivity contribution in [2.45, 2.75) is 6.92 Å². The number of anilines is 4. The lowest BCUT2D eigenvalue weighted by Gasteiger charge is -2.11. The van der Waals surface area contributed by atoms with Gasteiger partial charge < -0.3 is 15.4 Å². The zero-order valence-corrected chi connectivity index (χ0v) is 14.0. The summed E-state index contributed by atoms with van der Waals surface area (Å²) in [5.41, 5.74) is 0.534. The Bertz CT molecular complexity index is 932. The molecular weight excluding hydrogens is 345 g/mol. The van der Waals surface area contributed by atoms with Gasteiger partial charge >= 0.3 is 0 Å². The minimum absolute atomic E-state index is 0.225. The molecule has 3 aromatic rings. The first kappa shape index (κ1) is 17.5. The summed E-state index contributed by atoms with van der Waals surface area (Å²) in [4.78, 5) is 8.37. The highest BCUT2D eigenvalue weighted by Gasteiger charge is 2.14. The molecule has 0 saturated carbocycles. The van der Waals surface area contributed by atoms with Crippen LogP contribution in [0.1, 0.15) is 5.82 Å². The molecule has 2 aromatic carbocycles. The normalized spacial score (nSPS) is 10.5. The molecule has 0 bridgehead atoms. The molecule has 8 heteroatoms. The van der Waals surface area contributed by atoms with Gasteiger partial charge in [-0.2, -0.15) is 0 Å². The Kier molecular flexibility index (Phi) is 4.92. The first-order valence-corrected chi connectivity index (χ1v) is 7.63. The van der Waals surface area contributed by atoms with E-state index in [0.29, 0.717) is 17.4 Å². The number of nitrogens with one attached hydrogen (secondary N) is 2.